The maximum Gasteiger partial charge on any atom is 0.416 e. The molecule has 0 aliphatic carbocycles. The van der Waals surface area contributed by atoms with Crippen molar-refractivity contribution in [3.8, 4) is 0 Å². The van der Waals surface area contributed by atoms with Crippen LogP contribution in [-0.2, 0) is 22.3 Å². The summed E-state index contributed by atoms with van der Waals surface area (Å²) in [6, 6.07) is 1.38. The van der Waals surface area contributed by atoms with Gasteiger partial charge in [0.15, 0.2) is 0 Å². The minimum atomic E-state index is -4.56. The van der Waals surface area contributed by atoms with Crippen LogP contribution in [0.25, 0.3) is 0 Å². The fourth-order valence-corrected chi connectivity index (χ4v) is 2.01. The Labute approximate surface area is 117 Å². The van der Waals surface area contributed by atoms with E-state index in [4.69, 9.17) is 0 Å². The fourth-order valence-electron chi connectivity index (χ4n) is 2.01. The number of imide groups is 1. The molecule has 1 aliphatic heterocycles. The summed E-state index contributed by atoms with van der Waals surface area (Å²) in [4.78, 5) is 22.4. The SMILES string of the molecule is O=C1CCC(NCc2cc(C(F)(F)F)ccc2F)C(=O)N1. The lowest BCUT2D eigenvalue weighted by Crippen LogP contribution is -2.50. The van der Waals surface area contributed by atoms with Gasteiger partial charge in [-0.25, -0.2) is 4.39 Å². The van der Waals surface area contributed by atoms with Crippen molar-refractivity contribution in [1.29, 1.82) is 0 Å². The van der Waals surface area contributed by atoms with Gasteiger partial charge in [0.1, 0.15) is 5.82 Å². The zero-order valence-electron chi connectivity index (χ0n) is 10.8. The first-order valence-electron chi connectivity index (χ1n) is 6.20. The highest BCUT2D eigenvalue weighted by Gasteiger charge is 2.31. The van der Waals surface area contributed by atoms with Crippen molar-refractivity contribution in [2.75, 3.05) is 0 Å². The minimum Gasteiger partial charge on any atom is -0.302 e. The van der Waals surface area contributed by atoms with E-state index in [2.05, 4.69) is 10.6 Å². The molecule has 1 fully saturated rings. The van der Waals surface area contributed by atoms with Gasteiger partial charge in [-0.05, 0) is 24.6 Å². The molecule has 21 heavy (non-hydrogen) atoms. The van der Waals surface area contributed by atoms with Crippen LogP contribution in [0.15, 0.2) is 18.2 Å². The Hall–Kier alpha value is -1.96. The summed E-state index contributed by atoms with van der Waals surface area (Å²) >= 11 is 0. The Morgan fingerprint density at radius 3 is 2.62 bits per heavy atom. The third-order valence-corrected chi connectivity index (χ3v) is 3.15. The van der Waals surface area contributed by atoms with Crippen molar-refractivity contribution >= 4 is 11.8 Å². The van der Waals surface area contributed by atoms with Crippen molar-refractivity contribution in [2.24, 2.45) is 0 Å². The van der Waals surface area contributed by atoms with Gasteiger partial charge in [-0.3, -0.25) is 14.9 Å². The minimum absolute atomic E-state index is 0.133. The molecule has 0 bridgehead atoms. The highest BCUT2D eigenvalue weighted by Crippen LogP contribution is 2.30. The normalized spacial score (nSPS) is 19.5. The molecule has 1 heterocycles. The van der Waals surface area contributed by atoms with Gasteiger partial charge in [-0.15, -0.1) is 0 Å². The molecule has 2 amide bonds. The number of halogens is 4. The number of carbonyl (C=O) groups excluding carboxylic acids is 2. The first-order valence-corrected chi connectivity index (χ1v) is 6.20. The van der Waals surface area contributed by atoms with Gasteiger partial charge in [-0.1, -0.05) is 0 Å². The van der Waals surface area contributed by atoms with E-state index in [-0.39, 0.29) is 24.9 Å². The molecule has 1 aliphatic rings. The number of amides is 2. The number of nitrogens with one attached hydrogen (secondary N) is 2. The molecule has 8 heteroatoms. The summed E-state index contributed by atoms with van der Waals surface area (Å²) in [5.74, 6) is -1.75. The topological polar surface area (TPSA) is 58.2 Å². The number of benzene rings is 1. The molecule has 0 spiro atoms. The number of hydrogen-bond acceptors (Lipinski definition) is 3. The lowest BCUT2D eigenvalue weighted by molar-refractivity contribution is -0.138. The Morgan fingerprint density at radius 2 is 2.00 bits per heavy atom. The molecule has 114 valence electrons. The summed E-state index contributed by atoms with van der Waals surface area (Å²) < 4.78 is 51.2. The van der Waals surface area contributed by atoms with E-state index >= 15 is 0 Å². The van der Waals surface area contributed by atoms with Crippen molar-refractivity contribution < 1.29 is 27.2 Å². The van der Waals surface area contributed by atoms with Gasteiger partial charge in [0.25, 0.3) is 0 Å². The van der Waals surface area contributed by atoms with Crippen LogP contribution in [0.3, 0.4) is 0 Å². The molecule has 0 aromatic heterocycles. The monoisotopic (exact) mass is 304 g/mol. The third-order valence-electron chi connectivity index (χ3n) is 3.15. The van der Waals surface area contributed by atoms with Crippen LogP contribution < -0.4 is 10.6 Å². The second-order valence-electron chi connectivity index (χ2n) is 4.69. The van der Waals surface area contributed by atoms with E-state index in [9.17, 15) is 27.2 Å². The number of hydrogen-bond donors (Lipinski definition) is 2. The molecular formula is C13H12F4N2O2. The smallest absolute Gasteiger partial charge is 0.302 e. The lowest BCUT2D eigenvalue weighted by atomic mass is 10.0. The molecular weight excluding hydrogens is 292 g/mol. The Balaban J connectivity index is 2.06. The Morgan fingerprint density at radius 1 is 1.29 bits per heavy atom. The van der Waals surface area contributed by atoms with Gasteiger partial charge in [-0.2, -0.15) is 13.2 Å². The quantitative estimate of drug-likeness (QED) is 0.660. The molecule has 4 nitrogen and oxygen atoms in total. The van der Waals surface area contributed by atoms with Crippen LogP contribution in [-0.4, -0.2) is 17.9 Å². The second-order valence-corrected chi connectivity index (χ2v) is 4.69. The highest BCUT2D eigenvalue weighted by molar-refractivity contribution is 6.00. The van der Waals surface area contributed by atoms with Gasteiger partial charge in [0, 0.05) is 18.5 Å². The molecule has 1 atom stereocenters. The number of piperidine rings is 1. The van der Waals surface area contributed by atoms with E-state index in [0.717, 1.165) is 6.07 Å². The summed E-state index contributed by atoms with van der Waals surface area (Å²) in [5, 5.41) is 4.76. The fraction of sp³-hybridized carbons (Fsp3) is 0.385. The Kier molecular flexibility index (Phi) is 4.26. The molecule has 1 aromatic rings. The summed E-state index contributed by atoms with van der Waals surface area (Å²) in [6.07, 6.45) is -4.20. The number of alkyl halides is 3. The first kappa shape index (κ1) is 15.4. The van der Waals surface area contributed by atoms with Crippen LogP contribution in [0.2, 0.25) is 0 Å². The Bertz CT molecular complexity index is 572. The average molecular weight is 304 g/mol. The van der Waals surface area contributed by atoms with E-state index in [1.807, 2.05) is 0 Å². The van der Waals surface area contributed by atoms with Crippen LogP contribution in [0, 0.1) is 5.82 Å². The van der Waals surface area contributed by atoms with Crippen molar-refractivity contribution in [2.45, 2.75) is 31.6 Å². The molecule has 0 radical (unpaired) electrons. The molecule has 1 unspecified atom stereocenters. The zero-order valence-corrected chi connectivity index (χ0v) is 10.8. The van der Waals surface area contributed by atoms with E-state index in [0.29, 0.717) is 12.1 Å². The van der Waals surface area contributed by atoms with Crippen molar-refractivity contribution in [1.82, 2.24) is 10.6 Å². The van der Waals surface area contributed by atoms with E-state index < -0.39 is 35.4 Å². The molecule has 1 aromatic carbocycles. The van der Waals surface area contributed by atoms with Crippen LogP contribution >= 0.6 is 0 Å². The standard InChI is InChI=1S/C13H12F4N2O2/c14-9-2-1-8(13(15,16)17)5-7(9)6-18-10-3-4-11(20)19-12(10)21/h1-2,5,10,18H,3-4,6H2,(H,19,20,21). The second kappa shape index (κ2) is 5.80. The van der Waals surface area contributed by atoms with Crippen molar-refractivity contribution in [3.63, 3.8) is 0 Å². The number of carbonyl (C=O) groups is 2. The highest BCUT2D eigenvalue weighted by atomic mass is 19.4. The van der Waals surface area contributed by atoms with Crippen LogP contribution in [0.4, 0.5) is 17.6 Å². The van der Waals surface area contributed by atoms with Gasteiger partial charge >= 0.3 is 6.18 Å². The largest absolute Gasteiger partial charge is 0.416 e. The first-order chi connectivity index (χ1) is 9.77. The van der Waals surface area contributed by atoms with Crippen molar-refractivity contribution in [3.05, 3.63) is 35.1 Å². The van der Waals surface area contributed by atoms with Gasteiger partial charge in [0.2, 0.25) is 11.8 Å². The average Bonchev–Trinajstić information content (AvgIpc) is 2.38. The third kappa shape index (κ3) is 3.78. The van der Waals surface area contributed by atoms with Gasteiger partial charge in [0.05, 0.1) is 11.6 Å². The number of rotatable bonds is 3. The molecule has 0 saturated carbocycles. The van der Waals surface area contributed by atoms with Crippen LogP contribution in [0.1, 0.15) is 24.0 Å². The van der Waals surface area contributed by atoms with E-state index in [1.165, 1.54) is 0 Å². The summed E-state index contributed by atoms with van der Waals surface area (Å²) in [5.41, 5.74) is -1.14. The zero-order chi connectivity index (χ0) is 15.6. The molecule has 2 rings (SSSR count). The predicted octanol–water partition coefficient (Wildman–Crippen LogP) is 1.74. The maximum absolute atomic E-state index is 13.5. The molecule has 2 N–H and O–H groups in total. The summed E-state index contributed by atoms with van der Waals surface area (Å²) in [6.45, 7) is -0.234. The predicted molar refractivity (Wildman–Crippen MR) is 64.4 cm³/mol. The lowest BCUT2D eigenvalue weighted by Gasteiger charge is -2.22. The van der Waals surface area contributed by atoms with Gasteiger partial charge < -0.3 is 5.32 Å². The van der Waals surface area contributed by atoms with E-state index in [1.54, 1.807) is 0 Å². The maximum atomic E-state index is 13.5. The van der Waals surface area contributed by atoms with Crippen LogP contribution in [0.5, 0.6) is 0 Å². The summed E-state index contributed by atoms with van der Waals surface area (Å²) in [7, 11) is 0. The molecule has 1 saturated heterocycles.